The fourth-order valence-corrected chi connectivity index (χ4v) is 2.22. The number of nitrogens with one attached hydrogen (secondary N) is 1. The molecule has 21 heavy (non-hydrogen) atoms. The first-order valence-corrected chi connectivity index (χ1v) is 7.24. The second kappa shape index (κ2) is 6.91. The van der Waals surface area contributed by atoms with Crippen molar-refractivity contribution in [1.82, 2.24) is 4.90 Å². The van der Waals surface area contributed by atoms with Crippen molar-refractivity contribution >= 4 is 33.6 Å². The fraction of sp³-hybridized carbons (Fsp3) is 0.429. The summed E-state index contributed by atoms with van der Waals surface area (Å²) < 4.78 is 0.482. The molecular formula is C14H19BrN2O4. The lowest BCUT2D eigenvalue weighted by Gasteiger charge is -2.28. The van der Waals surface area contributed by atoms with Gasteiger partial charge in [-0.25, -0.2) is 9.59 Å². The molecule has 2 amide bonds. The molecule has 6 nitrogen and oxygen atoms in total. The largest absolute Gasteiger partial charge is 0.478 e. The Balaban J connectivity index is 2.84. The molecule has 0 saturated heterocycles. The molecule has 7 heteroatoms. The fourth-order valence-electron chi connectivity index (χ4n) is 1.74. The molecule has 0 spiro atoms. The van der Waals surface area contributed by atoms with E-state index in [4.69, 9.17) is 5.11 Å². The van der Waals surface area contributed by atoms with E-state index in [1.807, 2.05) is 6.92 Å². The van der Waals surface area contributed by atoms with Crippen molar-refractivity contribution in [3.63, 3.8) is 0 Å². The Bertz CT molecular complexity index is 540. The van der Waals surface area contributed by atoms with E-state index >= 15 is 0 Å². The molecule has 1 rings (SSSR count). The first-order chi connectivity index (χ1) is 9.64. The van der Waals surface area contributed by atoms with Crippen LogP contribution in [0.4, 0.5) is 10.5 Å². The molecule has 0 bridgehead atoms. The van der Waals surface area contributed by atoms with E-state index in [-0.39, 0.29) is 18.1 Å². The summed E-state index contributed by atoms with van der Waals surface area (Å²) >= 11 is 3.23. The lowest BCUT2D eigenvalue weighted by Crippen LogP contribution is -2.44. The number of likely N-dealkylation sites (N-methyl/N-ethyl adjacent to an activating group) is 1. The molecule has 0 atom stereocenters. The normalized spacial score (nSPS) is 11.1. The van der Waals surface area contributed by atoms with E-state index in [9.17, 15) is 14.7 Å². The number of carbonyl (C=O) groups is 2. The minimum Gasteiger partial charge on any atom is -0.478 e. The highest BCUT2D eigenvalue weighted by atomic mass is 79.9. The molecular weight excluding hydrogens is 340 g/mol. The van der Waals surface area contributed by atoms with Crippen molar-refractivity contribution in [2.45, 2.75) is 26.4 Å². The number of aromatic carboxylic acids is 1. The summed E-state index contributed by atoms with van der Waals surface area (Å²) in [5.41, 5.74) is -0.388. The number of anilines is 1. The van der Waals surface area contributed by atoms with Gasteiger partial charge in [0, 0.05) is 11.0 Å². The topological polar surface area (TPSA) is 89.9 Å². The first kappa shape index (κ1) is 17.5. The Hall–Kier alpha value is -1.60. The van der Waals surface area contributed by atoms with Gasteiger partial charge in [0.05, 0.1) is 23.4 Å². The zero-order valence-corrected chi connectivity index (χ0v) is 13.8. The van der Waals surface area contributed by atoms with E-state index in [2.05, 4.69) is 21.2 Å². The summed E-state index contributed by atoms with van der Waals surface area (Å²) in [7, 11) is 0. The maximum absolute atomic E-state index is 12.2. The van der Waals surface area contributed by atoms with Crippen LogP contribution in [0.5, 0.6) is 0 Å². The highest BCUT2D eigenvalue weighted by Crippen LogP contribution is 2.24. The minimum absolute atomic E-state index is 0.128. The van der Waals surface area contributed by atoms with Gasteiger partial charge in [0.25, 0.3) is 0 Å². The third kappa shape index (κ3) is 5.35. The van der Waals surface area contributed by atoms with Crippen LogP contribution in [0.2, 0.25) is 0 Å². The van der Waals surface area contributed by atoms with Crippen molar-refractivity contribution in [1.29, 1.82) is 0 Å². The zero-order chi connectivity index (χ0) is 16.2. The van der Waals surface area contributed by atoms with E-state index < -0.39 is 11.6 Å². The summed E-state index contributed by atoms with van der Waals surface area (Å²) in [6.07, 6.45) is 0. The van der Waals surface area contributed by atoms with Gasteiger partial charge in [-0.15, -0.1) is 0 Å². The van der Waals surface area contributed by atoms with Crippen LogP contribution < -0.4 is 5.32 Å². The van der Waals surface area contributed by atoms with Crippen molar-refractivity contribution in [3.05, 3.63) is 28.2 Å². The Morgan fingerprint density at radius 1 is 1.38 bits per heavy atom. The first-order valence-electron chi connectivity index (χ1n) is 6.45. The van der Waals surface area contributed by atoms with Crippen LogP contribution in [0, 0.1) is 0 Å². The van der Waals surface area contributed by atoms with Crippen molar-refractivity contribution in [2.75, 3.05) is 18.4 Å². The zero-order valence-electron chi connectivity index (χ0n) is 12.2. The van der Waals surface area contributed by atoms with E-state index in [0.29, 0.717) is 16.7 Å². The second-order valence-corrected chi connectivity index (χ2v) is 6.11. The maximum Gasteiger partial charge on any atom is 0.335 e. The number of carboxylic acid groups (broad SMARTS) is 1. The molecule has 0 heterocycles. The predicted octanol–water partition coefficient (Wildman–Crippen LogP) is 2.77. The van der Waals surface area contributed by atoms with Gasteiger partial charge in [0.15, 0.2) is 0 Å². The second-order valence-electron chi connectivity index (χ2n) is 5.26. The number of halogens is 1. The molecule has 0 saturated carbocycles. The summed E-state index contributed by atoms with van der Waals surface area (Å²) in [6, 6.07) is 3.99. The van der Waals surface area contributed by atoms with Crippen molar-refractivity contribution < 1.29 is 19.8 Å². The molecule has 3 N–H and O–H groups in total. The summed E-state index contributed by atoms with van der Waals surface area (Å²) in [5, 5.41) is 21.4. The molecule has 0 radical (unpaired) electrons. The van der Waals surface area contributed by atoms with Gasteiger partial charge in [-0.05, 0) is 54.9 Å². The number of carboxylic acids is 1. The third-order valence-corrected chi connectivity index (χ3v) is 3.36. The number of benzene rings is 1. The van der Waals surface area contributed by atoms with Gasteiger partial charge < -0.3 is 20.4 Å². The smallest absolute Gasteiger partial charge is 0.335 e. The van der Waals surface area contributed by atoms with Crippen LogP contribution in [0.15, 0.2) is 22.7 Å². The molecule has 1 aromatic carbocycles. The van der Waals surface area contributed by atoms with Gasteiger partial charge in [0.1, 0.15) is 0 Å². The number of nitrogens with zero attached hydrogens (tertiary/aromatic N) is 1. The average molecular weight is 359 g/mol. The van der Waals surface area contributed by atoms with E-state index in [0.717, 1.165) is 0 Å². The van der Waals surface area contributed by atoms with E-state index in [1.165, 1.54) is 23.1 Å². The molecule has 0 aliphatic heterocycles. The molecule has 0 aliphatic rings. The maximum atomic E-state index is 12.2. The Labute approximate surface area is 131 Å². The quantitative estimate of drug-likeness (QED) is 0.754. The molecule has 0 aliphatic carbocycles. The lowest BCUT2D eigenvalue weighted by atomic mass is 10.1. The summed E-state index contributed by atoms with van der Waals surface area (Å²) in [4.78, 5) is 24.5. The van der Waals surface area contributed by atoms with Crippen molar-refractivity contribution in [2.24, 2.45) is 0 Å². The van der Waals surface area contributed by atoms with Crippen LogP contribution in [-0.4, -0.2) is 45.8 Å². The molecule has 0 fully saturated rings. The highest BCUT2D eigenvalue weighted by molar-refractivity contribution is 9.10. The molecule has 116 valence electrons. The van der Waals surface area contributed by atoms with Crippen LogP contribution in [0.25, 0.3) is 0 Å². The standard InChI is InChI=1S/C14H19BrN2O4/c1-4-17(8-14(2,3)21)13(20)16-11-6-5-9(12(18)19)7-10(11)15/h5-7,21H,4,8H2,1-3H3,(H,16,20)(H,18,19). The summed E-state index contributed by atoms with van der Waals surface area (Å²) in [6.45, 7) is 5.70. The Morgan fingerprint density at radius 2 is 2.00 bits per heavy atom. The number of hydrogen-bond acceptors (Lipinski definition) is 3. The average Bonchev–Trinajstić information content (AvgIpc) is 2.36. The molecule has 0 aromatic heterocycles. The number of rotatable bonds is 5. The monoisotopic (exact) mass is 358 g/mol. The van der Waals surface area contributed by atoms with Gasteiger partial charge in [0.2, 0.25) is 0 Å². The van der Waals surface area contributed by atoms with Gasteiger partial charge in [-0.3, -0.25) is 0 Å². The Kier molecular flexibility index (Phi) is 5.74. The molecule has 0 unspecified atom stereocenters. The highest BCUT2D eigenvalue weighted by Gasteiger charge is 2.21. The predicted molar refractivity (Wildman–Crippen MR) is 83.7 cm³/mol. The van der Waals surface area contributed by atoms with Gasteiger partial charge in [-0.1, -0.05) is 0 Å². The number of aliphatic hydroxyl groups is 1. The van der Waals surface area contributed by atoms with Crippen molar-refractivity contribution in [3.8, 4) is 0 Å². The van der Waals surface area contributed by atoms with Crippen LogP contribution in [-0.2, 0) is 0 Å². The number of carbonyl (C=O) groups excluding carboxylic acids is 1. The van der Waals surface area contributed by atoms with Crippen LogP contribution in [0.1, 0.15) is 31.1 Å². The van der Waals surface area contributed by atoms with Crippen LogP contribution in [0.3, 0.4) is 0 Å². The third-order valence-electron chi connectivity index (χ3n) is 2.70. The van der Waals surface area contributed by atoms with E-state index in [1.54, 1.807) is 13.8 Å². The minimum atomic E-state index is -1.04. The number of urea groups is 1. The van der Waals surface area contributed by atoms with Crippen LogP contribution >= 0.6 is 15.9 Å². The number of hydrogen-bond donors (Lipinski definition) is 3. The molecule has 1 aromatic rings. The lowest BCUT2D eigenvalue weighted by molar-refractivity contribution is 0.0501. The van der Waals surface area contributed by atoms with Gasteiger partial charge in [-0.2, -0.15) is 0 Å². The SMILES string of the molecule is CCN(CC(C)(C)O)C(=O)Nc1ccc(C(=O)O)cc1Br. The summed E-state index contributed by atoms with van der Waals surface area (Å²) in [5.74, 6) is -1.04. The van der Waals surface area contributed by atoms with Gasteiger partial charge >= 0.3 is 12.0 Å². The Morgan fingerprint density at radius 3 is 2.43 bits per heavy atom. The number of amides is 2.